The Morgan fingerprint density at radius 3 is 2.73 bits per heavy atom. The van der Waals surface area contributed by atoms with E-state index in [1.807, 2.05) is 0 Å². The van der Waals surface area contributed by atoms with Crippen LogP contribution in [0.5, 0.6) is 0 Å². The standard InChI is InChI=1S/C8H16FNO/c1-6-3-8(6,2)10-5-7(11)4-9/h6-7,10-11H,3-5H2,1-2H3. The zero-order chi connectivity index (χ0) is 8.48. The molecule has 2 N–H and O–H groups in total. The lowest BCUT2D eigenvalue weighted by atomic mass is 10.2. The van der Waals surface area contributed by atoms with Crippen molar-refractivity contribution in [3.05, 3.63) is 0 Å². The monoisotopic (exact) mass is 161 g/mol. The number of β-amino-alcohol motifs (C(OH)–C–C–N with tert-alkyl or cyclic N) is 1. The zero-order valence-corrected chi connectivity index (χ0v) is 7.10. The summed E-state index contributed by atoms with van der Waals surface area (Å²) in [6.45, 7) is 3.96. The van der Waals surface area contributed by atoms with E-state index in [1.165, 1.54) is 0 Å². The highest BCUT2D eigenvalue weighted by Crippen LogP contribution is 2.42. The van der Waals surface area contributed by atoms with Gasteiger partial charge in [0.15, 0.2) is 0 Å². The van der Waals surface area contributed by atoms with E-state index in [0.29, 0.717) is 12.5 Å². The molecule has 0 aliphatic heterocycles. The molecule has 1 fully saturated rings. The van der Waals surface area contributed by atoms with Gasteiger partial charge in [0, 0.05) is 12.1 Å². The predicted molar refractivity (Wildman–Crippen MR) is 42.2 cm³/mol. The number of nitrogens with one attached hydrogen (secondary N) is 1. The second-order valence-corrected chi connectivity index (χ2v) is 3.71. The van der Waals surface area contributed by atoms with Crippen LogP contribution in [0.15, 0.2) is 0 Å². The van der Waals surface area contributed by atoms with E-state index >= 15 is 0 Å². The smallest absolute Gasteiger partial charge is 0.117 e. The fourth-order valence-electron chi connectivity index (χ4n) is 1.23. The lowest BCUT2D eigenvalue weighted by Crippen LogP contribution is -2.37. The molecule has 0 aromatic carbocycles. The zero-order valence-electron chi connectivity index (χ0n) is 7.10. The maximum Gasteiger partial charge on any atom is 0.117 e. The van der Waals surface area contributed by atoms with Gasteiger partial charge in [-0.25, -0.2) is 4.39 Å². The molecule has 0 amide bonds. The van der Waals surface area contributed by atoms with Crippen LogP contribution in [-0.4, -0.2) is 30.0 Å². The number of aliphatic hydroxyl groups is 1. The van der Waals surface area contributed by atoms with E-state index in [2.05, 4.69) is 19.2 Å². The van der Waals surface area contributed by atoms with E-state index in [-0.39, 0.29) is 5.54 Å². The highest BCUT2D eigenvalue weighted by molar-refractivity contribution is 5.04. The quantitative estimate of drug-likeness (QED) is 0.636. The van der Waals surface area contributed by atoms with Crippen LogP contribution in [0.2, 0.25) is 0 Å². The molecule has 1 aliphatic rings. The summed E-state index contributed by atoms with van der Waals surface area (Å²) in [5.41, 5.74) is 0.163. The van der Waals surface area contributed by atoms with Crippen molar-refractivity contribution in [1.29, 1.82) is 0 Å². The third-order valence-electron chi connectivity index (χ3n) is 2.58. The predicted octanol–water partition coefficient (Wildman–Crippen LogP) is 0.705. The van der Waals surface area contributed by atoms with E-state index < -0.39 is 12.8 Å². The Hall–Kier alpha value is -0.150. The van der Waals surface area contributed by atoms with Gasteiger partial charge < -0.3 is 10.4 Å². The average molecular weight is 161 g/mol. The number of hydrogen-bond acceptors (Lipinski definition) is 2. The van der Waals surface area contributed by atoms with Gasteiger partial charge in [-0.1, -0.05) is 6.92 Å². The largest absolute Gasteiger partial charge is 0.389 e. The van der Waals surface area contributed by atoms with Crippen molar-refractivity contribution in [3.8, 4) is 0 Å². The van der Waals surface area contributed by atoms with E-state index in [1.54, 1.807) is 0 Å². The van der Waals surface area contributed by atoms with Crippen LogP contribution in [0.4, 0.5) is 4.39 Å². The van der Waals surface area contributed by atoms with Gasteiger partial charge in [0.25, 0.3) is 0 Å². The third-order valence-corrected chi connectivity index (χ3v) is 2.58. The minimum absolute atomic E-state index is 0.163. The van der Waals surface area contributed by atoms with Gasteiger partial charge in [0.05, 0.1) is 6.10 Å². The summed E-state index contributed by atoms with van der Waals surface area (Å²) in [5, 5.41) is 12.0. The van der Waals surface area contributed by atoms with Gasteiger partial charge in [-0.05, 0) is 19.3 Å². The summed E-state index contributed by atoms with van der Waals surface area (Å²) >= 11 is 0. The van der Waals surface area contributed by atoms with Crippen molar-refractivity contribution < 1.29 is 9.50 Å². The number of rotatable bonds is 4. The van der Waals surface area contributed by atoms with E-state index in [9.17, 15) is 4.39 Å². The second kappa shape index (κ2) is 3.07. The molecular formula is C8H16FNO. The lowest BCUT2D eigenvalue weighted by molar-refractivity contribution is 0.133. The Morgan fingerprint density at radius 2 is 2.36 bits per heavy atom. The molecule has 0 radical (unpaired) electrons. The molecule has 3 unspecified atom stereocenters. The Balaban J connectivity index is 2.13. The lowest BCUT2D eigenvalue weighted by Gasteiger charge is -2.14. The molecule has 1 saturated carbocycles. The molecular weight excluding hydrogens is 145 g/mol. The van der Waals surface area contributed by atoms with Gasteiger partial charge in [-0.15, -0.1) is 0 Å². The van der Waals surface area contributed by atoms with Crippen LogP contribution in [-0.2, 0) is 0 Å². The Kier molecular flexibility index (Phi) is 2.50. The molecule has 1 rings (SSSR count). The summed E-state index contributed by atoms with van der Waals surface area (Å²) in [5.74, 6) is 0.661. The highest BCUT2D eigenvalue weighted by atomic mass is 19.1. The van der Waals surface area contributed by atoms with Crippen molar-refractivity contribution in [2.75, 3.05) is 13.2 Å². The van der Waals surface area contributed by atoms with E-state index in [4.69, 9.17) is 5.11 Å². The number of alkyl halides is 1. The molecule has 0 aromatic rings. The SMILES string of the molecule is CC1CC1(C)NCC(O)CF. The van der Waals surface area contributed by atoms with Gasteiger partial charge in [-0.2, -0.15) is 0 Å². The topological polar surface area (TPSA) is 32.3 Å². The van der Waals surface area contributed by atoms with Gasteiger partial charge >= 0.3 is 0 Å². The molecule has 3 atom stereocenters. The molecule has 11 heavy (non-hydrogen) atoms. The molecule has 1 aliphatic carbocycles. The van der Waals surface area contributed by atoms with Crippen LogP contribution in [0.25, 0.3) is 0 Å². The summed E-state index contributed by atoms with van der Waals surface area (Å²) < 4.78 is 11.8. The van der Waals surface area contributed by atoms with Crippen LogP contribution < -0.4 is 5.32 Å². The minimum Gasteiger partial charge on any atom is -0.389 e. The summed E-state index contributed by atoms with van der Waals surface area (Å²) in [7, 11) is 0. The number of halogens is 1. The Bertz CT molecular complexity index is 142. The van der Waals surface area contributed by atoms with Crippen LogP contribution in [0, 0.1) is 5.92 Å². The second-order valence-electron chi connectivity index (χ2n) is 3.71. The molecule has 3 heteroatoms. The van der Waals surface area contributed by atoms with Crippen molar-refractivity contribution in [2.45, 2.75) is 31.9 Å². The fraction of sp³-hybridized carbons (Fsp3) is 1.00. The number of hydrogen-bond donors (Lipinski definition) is 2. The first-order chi connectivity index (χ1) is 5.08. The van der Waals surface area contributed by atoms with Gasteiger partial charge in [-0.3, -0.25) is 0 Å². The Morgan fingerprint density at radius 1 is 1.82 bits per heavy atom. The van der Waals surface area contributed by atoms with Crippen molar-refractivity contribution >= 4 is 0 Å². The Labute approximate surface area is 66.8 Å². The first-order valence-corrected chi connectivity index (χ1v) is 4.07. The van der Waals surface area contributed by atoms with Gasteiger partial charge in [0.1, 0.15) is 6.67 Å². The maximum absolute atomic E-state index is 11.8. The molecule has 0 spiro atoms. The minimum atomic E-state index is -0.834. The highest BCUT2D eigenvalue weighted by Gasteiger charge is 2.46. The van der Waals surface area contributed by atoms with Crippen molar-refractivity contribution in [3.63, 3.8) is 0 Å². The van der Waals surface area contributed by atoms with Gasteiger partial charge in [0.2, 0.25) is 0 Å². The fourth-order valence-corrected chi connectivity index (χ4v) is 1.23. The first-order valence-electron chi connectivity index (χ1n) is 4.07. The summed E-state index contributed by atoms with van der Waals surface area (Å²) in [6, 6.07) is 0. The van der Waals surface area contributed by atoms with Crippen LogP contribution in [0.1, 0.15) is 20.3 Å². The molecule has 66 valence electrons. The average Bonchev–Trinajstić information content (AvgIpc) is 2.56. The molecule has 0 bridgehead atoms. The van der Waals surface area contributed by atoms with E-state index in [0.717, 1.165) is 6.42 Å². The third kappa shape index (κ3) is 2.14. The van der Waals surface area contributed by atoms with Crippen molar-refractivity contribution in [1.82, 2.24) is 5.32 Å². The van der Waals surface area contributed by atoms with Crippen LogP contribution in [0.3, 0.4) is 0 Å². The summed E-state index contributed by atoms with van der Waals surface area (Å²) in [6.07, 6.45) is 0.297. The van der Waals surface area contributed by atoms with Crippen molar-refractivity contribution in [2.24, 2.45) is 5.92 Å². The molecule has 0 aromatic heterocycles. The normalized spacial score (nSPS) is 38.7. The molecule has 0 saturated heterocycles. The summed E-state index contributed by atoms with van der Waals surface area (Å²) in [4.78, 5) is 0. The first kappa shape index (κ1) is 8.94. The molecule has 2 nitrogen and oxygen atoms in total. The van der Waals surface area contributed by atoms with Crippen LogP contribution >= 0.6 is 0 Å². The number of aliphatic hydroxyl groups excluding tert-OH is 1. The maximum atomic E-state index is 11.8. The molecule has 0 heterocycles.